The molecule has 0 aliphatic carbocycles. The Labute approximate surface area is 81.9 Å². The molecule has 0 aliphatic heterocycles. The molecule has 72 valence electrons. The van der Waals surface area contributed by atoms with Crippen molar-refractivity contribution in [3.05, 3.63) is 30.1 Å². The van der Waals surface area contributed by atoms with E-state index >= 15 is 0 Å². The minimum absolute atomic E-state index is 0.575. The zero-order valence-electron chi connectivity index (χ0n) is 7.99. The molecule has 1 heterocycles. The number of nitrogens with one attached hydrogen (secondary N) is 1. The third-order valence-corrected chi connectivity index (χ3v) is 2.07. The molecule has 0 amide bonds. The van der Waals surface area contributed by atoms with Gasteiger partial charge in [0.25, 0.3) is 0 Å². The molecular weight excluding hydrogens is 176 g/mol. The first-order valence-corrected chi connectivity index (χ1v) is 4.44. The SMILES string of the molecule is CN=C(N)Cc1nc2ccccc2[nH]1. The van der Waals surface area contributed by atoms with Crippen molar-refractivity contribution in [2.45, 2.75) is 6.42 Å². The summed E-state index contributed by atoms with van der Waals surface area (Å²) in [5, 5.41) is 0. The molecule has 0 unspecified atom stereocenters. The Hall–Kier alpha value is -1.84. The maximum atomic E-state index is 5.62. The number of nitrogens with zero attached hydrogens (tertiary/aromatic N) is 2. The molecule has 0 fully saturated rings. The van der Waals surface area contributed by atoms with E-state index < -0.39 is 0 Å². The van der Waals surface area contributed by atoms with Crippen LogP contribution in [0.3, 0.4) is 0 Å². The molecule has 0 bridgehead atoms. The monoisotopic (exact) mass is 188 g/mol. The van der Waals surface area contributed by atoms with Crippen LogP contribution in [0.4, 0.5) is 0 Å². The van der Waals surface area contributed by atoms with Crippen LogP contribution in [0.15, 0.2) is 29.3 Å². The molecule has 2 aromatic rings. The Kier molecular flexibility index (Phi) is 2.18. The average molecular weight is 188 g/mol. The van der Waals surface area contributed by atoms with Gasteiger partial charge in [-0.3, -0.25) is 4.99 Å². The van der Waals surface area contributed by atoms with Crippen LogP contribution >= 0.6 is 0 Å². The lowest BCUT2D eigenvalue weighted by Crippen LogP contribution is -2.15. The van der Waals surface area contributed by atoms with E-state index in [-0.39, 0.29) is 0 Å². The van der Waals surface area contributed by atoms with Gasteiger partial charge in [-0.1, -0.05) is 12.1 Å². The van der Waals surface area contributed by atoms with Crippen LogP contribution in [0.1, 0.15) is 5.82 Å². The predicted molar refractivity (Wildman–Crippen MR) is 57.3 cm³/mol. The lowest BCUT2D eigenvalue weighted by molar-refractivity contribution is 1.08. The topological polar surface area (TPSA) is 67.1 Å². The fourth-order valence-corrected chi connectivity index (χ4v) is 1.34. The van der Waals surface area contributed by atoms with Crippen molar-refractivity contribution in [2.75, 3.05) is 7.05 Å². The Morgan fingerprint density at radius 2 is 2.29 bits per heavy atom. The first-order chi connectivity index (χ1) is 6.79. The van der Waals surface area contributed by atoms with E-state index in [1.54, 1.807) is 7.05 Å². The van der Waals surface area contributed by atoms with Gasteiger partial charge in [0.15, 0.2) is 0 Å². The molecule has 0 saturated carbocycles. The van der Waals surface area contributed by atoms with E-state index in [2.05, 4.69) is 15.0 Å². The lowest BCUT2D eigenvalue weighted by atomic mass is 10.3. The van der Waals surface area contributed by atoms with Crippen molar-refractivity contribution in [2.24, 2.45) is 10.7 Å². The normalized spacial score (nSPS) is 12.2. The van der Waals surface area contributed by atoms with Crippen LogP contribution in [-0.2, 0) is 6.42 Å². The van der Waals surface area contributed by atoms with Crippen LogP contribution in [0, 0.1) is 0 Å². The van der Waals surface area contributed by atoms with Gasteiger partial charge >= 0.3 is 0 Å². The number of nitrogens with two attached hydrogens (primary N) is 1. The highest BCUT2D eigenvalue weighted by molar-refractivity contribution is 5.83. The third kappa shape index (κ3) is 1.59. The standard InChI is InChI=1S/C10H12N4/c1-12-9(11)6-10-13-7-4-2-3-5-8(7)14-10/h2-5H,6H2,1H3,(H2,11,12)(H,13,14). The molecule has 0 aliphatic rings. The van der Waals surface area contributed by atoms with Gasteiger partial charge in [0.1, 0.15) is 11.7 Å². The molecule has 14 heavy (non-hydrogen) atoms. The van der Waals surface area contributed by atoms with Crippen molar-refractivity contribution in [1.29, 1.82) is 0 Å². The number of aromatic amines is 1. The van der Waals surface area contributed by atoms with Gasteiger partial charge in [-0.05, 0) is 12.1 Å². The van der Waals surface area contributed by atoms with Crippen molar-refractivity contribution in [1.82, 2.24) is 9.97 Å². The molecular formula is C10H12N4. The van der Waals surface area contributed by atoms with E-state index in [9.17, 15) is 0 Å². The number of benzene rings is 1. The second-order valence-electron chi connectivity index (χ2n) is 3.09. The minimum atomic E-state index is 0.575. The summed E-state index contributed by atoms with van der Waals surface area (Å²) in [6.45, 7) is 0. The highest BCUT2D eigenvalue weighted by Gasteiger charge is 2.02. The molecule has 0 saturated heterocycles. The average Bonchev–Trinajstić information content (AvgIpc) is 2.59. The summed E-state index contributed by atoms with van der Waals surface area (Å²) in [6.07, 6.45) is 0.575. The second kappa shape index (κ2) is 3.49. The van der Waals surface area contributed by atoms with Gasteiger partial charge in [0, 0.05) is 7.05 Å². The summed E-state index contributed by atoms with van der Waals surface area (Å²) in [7, 11) is 1.68. The number of amidine groups is 1. The summed E-state index contributed by atoms with van der Waals surface area (Å²) in [6, 6.07) is 7.89. The van der Waals surface area contributed by atoms with Gasteiger partial charge in [0.05, 0.1) is 17.5 Å². The fraction of sp³-hybridized carbons (Fsp3) is 0.200. The summed E-state index contributed by atoms with van der Waals surface area (Å²) < 4.78 is 0. The molecule has 1 aromatic heterocycles. The molecule has 3 N–H and O–H groups in total. The van der Waals surface area contributed by atoms with Crippen LogP contribution in [0.25, 0.3) is 11.0 Å². The zero-order valence-corrected chi connectivity index (χ0v) is 7.99. The minimum Gasteiger partial charge on any atom is -0.387 e. The van der Waals surface area contributed by atoms with Crippen molar-refractivity contribution >= 4 is 16.9 Å². The number of H-pyrrole nitrogens is 1. The van der Waals surface area contributed by atoms with Gasteiger partial charge in [0.2, 0.25) is 0 Å². The van der Waals surface area contributed by atoms with Crippen molar-refractivity contribution < 1.29 is 0 Å². The zero-order chi connectivity index (χ0) is 9.97. The molecule has 1 aromatic carbocycles. The van der Waals surface area contributed by atoms with E-state index in [4.69, 9.17) is 5.73 Å². The Bertz CT molecular complexity index is 437. The number of imidazole rings is 1. The van der Waals surface area contributed by atoms with E-state index in [0.29, 0.717) is 12.3 Å². The summed E-state index contributed by atoms with van der Waals surface area (Å²) in [5.74, 6) is 1.44. The first kappa shape index (κ1) is 8.74. The van der Waals surface area contributed by atoms with Crippen LogP contribution in [-0.4, -0.2) is 22.9 Å². The van der Waals surface area contributed by atoms with Crippen LogP contribution < -0.4 is 5.73 Å². The Balaban J connectivity index is 2.36. The maximum Gasteiger partial charge on any atom is 0.114 e. The lowest BCUT2D eigenvalue weighted by Gasteiger charge is -1.93. The molecule has 4 heteroatoms. The number of hydrogen-bond donors (Lipinski definition) is 2. The smallest absolute Gasteiger partial charge is 0.114 e. The first-order valence-electron chi connectivity index (χ1n) is 4.44. The molecule has 4 nitrogen and oxygen atoms in total. The number of para-hydroxylation sites is 2. The van der Waals surface area contributed by atoms with Crippen LogP contribution in [0.2, 0.25) is 0 Å². The number of hydrogen-bond acceptors (Lipinski definition) is 2. The van der Waals surface area contributed by atoms with Crippen LogP contribution in [0.5, 0.6) is 0 Å². The largest absolute Gasteiger partial charge is 0.387 e. The number of fused-ring (bicyclic) bond motifs is 1. The highest BCUT2D eigenvalue weighted by Crippen LogP contribution is 2.10. The molecule has 0 spiro atoms. The molecule has 0 radical (unpaired) electrons. The quantitative estimate of drug-likeness (QED) is 0.547. The summed E-state index contributed by atoms with van der Waals surface area (Å²) in [4.78, 5) is 11.5. The molecule has 0 atom stereocenters. The fourth-order valence-electron chi connectivity index (χ4n) is 1.34. The third-order valence-electron chi connectivity index (χ3n) is 2.07. The molecule has 2 rings (SSSR count). The Morgan fingerprint density at radius 1 is 1.50 bits per heavy atom. The summed E-state index contributed by atoms with van der Waals surface area (Å²) >= 11 is 0. The van der Waals surface area contributed by atoms with E-state index in [1.165, 1.54) is 0 Å². The maximum absolute atomic E-state index is 5.62. The van der Waals surface area contributed by atoms with Crippen molar-refractivity contribution in [3.63, 3.8) is 0 Å². The summed E-state index contributed by atoms with van der Waals surface area (Å²) in [5.41, 5.74) is 7.61. The van der Waals surface area contributed by atoms with E-state index in [0.717, 1.165) is 16.9 Å². The second-order valence-corrected chi connectivity index (χ2v) is 3.09. The van der Waals surface area contributed by atoms with Gasteiger partial charge < -0.3 is 10.7 Å². The van der Waals surface area contributed by atoms with Crippen molar-refractivity contribution in [3.8, 4) is 0 Å². The highest BCUT2D eigenvalue weighted by atomic mass is 14.9. The van der Waals surface area contributed by atoms with E-state index in [1.807, 2.05) is 24.3 Å². The number of aliphatic imine (C=N–C) groups is 1. The van der Waals surface area contributed by atoms with Gasteiger partial charge in [-0.25, -0.2) is 4.98 Å². The Morgan fingerprint density at radius 3 is 3.00 bits per heavy atom. The van der Waals surface area contributed by atoms with Gasteiger partial charge in [-0.2, -0.15) is 0 Å². The number of aromatic nitrogens is 2. The van der Waals surface area contributed by atoms with Gasteiger partial charge in [-0.15, -0.1) is 0 Å². The number of rotatable bonds is 2. The predicted octanol–water partition coefficient (Wildman–Crippen LogP) is 1.09.